The monoisotopic (exact) mass is 260 g/mol. The molecule has 0 heterocycles. The molecule has 0 atom stereocenters. The standard InChI is InChI=1S/C16H24N2O/c1-12-5-3-4-6-13(12)11-16(19)18(2)15-9-7-14(17)8-10-15/h3-6,14-15H,7-11,17H2,1-2H3. The van der Waals surface area contributed by atoms with Crippen molar-refractivity contribution in [1.29, 1.82) is 0 Å². The molecule has 1 aromatic carbocycles. The van der Waals surface area contributed by atoms with Crippen molar-refractivity contribution in [2.24, 2.45) is 5.73 Å². The summed E-state index contributed by atoms with van der Waals surface area (Å²) in [6, 6.07) is 8.80. The summed E-state index contributed by atoms with van der Waals surface area (Å²) in [7, 11) is 1.93. The van der Waals surface area contributed by atoms with Gasteiger partial charge in [-0.1, -0.05) is 24.3 Å². The molecule has 104 valence electrons. The van der Waals surface area contributed by atoms with Crippen LogP contribution >= 0.6 is 0 Å². The van der Waals surface area contributed by atoms with Crippen molar-refractivity contribution in [3.63, 3.8) is 0 Å². The van der Waals surface area contributed by atoms with E-state index in [4.69, 9.17) is 5.73 Å². The van der Waals surface area contributed by atoms with E-state index in [2.05, 4.69) is 13.0 Å². The molecule has 2 N–H and O–H groups in total. The van der Waals surface area contributed by atoms with Crippen molar-refractivity contribution < 1.29 is 4.79 Å². The Hall–Kier alpha value is -1.35. The number of aryl methyl sites for hydroxylation is 1. The van der Waals surface area contributed by atoms with Crippen LogP contribution in [0.5, 0.6) is 0 Å². The molecule has 0 saturated heterocycles. The average molecular weight is 260 g/mol. The second-order valence-corrected chi connectivity index (χ2v) is 5.68. The molecule has 3 nitrogen and oxygen atoms in total. The number of benzene rings is 1. The summed E-state index contributed by atoms with van der Waals surface area (Å²) in [6.07, 6.45) is 4.65. The Morgan fingerprint density at radius 2 is 1.89 bits per heavy atom. The smallest absolute Gasteiger partial charge is 0.226 e. The first kappa shape index (κ1) is 14.1. The number of hydrogen-bond donors (Lipinski definition) is 1. The van der Waals surface area contributed by atoms with Gasteiger partial charge in [-0.3, -0.25) is 4.79 Å². The van der Waals surface area contributed by atoms with Gasteiger partial charge in [-0.2, -0.15) is 0 Å². The molecule has 0 aromatic heterocycles. The van der Waals surface area contributed by atoms with Crippen LogP contribution in [0.2, 0.25) is 0 Å². The first-order valence-electron chi connectivity index (χ1n) is 7.13. The maximum Gasteiger partial charge on any atom is 0.226 e. The molecule has 2 rings (SSSR count). The number of rotatable bonds is 3. The maximum atomic E-state index is 12.3. The molecule has 19 heavy (non-hydrogen) atoms. The number of amides is 1. The van der Waals surface area contributed by atoms with Gasteiger partial charge >= 0.3 is 0 Å². The quantitative estimate of drug-likeness (QED) is 0.906. The first-order valence-corrected chi connectivity index (χ1v) is 7.13. The van der Waals surface area contributed by atoms with Gasteiger partial charge in [-0.25, -0.2) is 0 Å². The van der Waals surface area contributed by atoms with E-state index < -0.39 is 0 Å². The number of carbonyl (C=O) groups excluding carboxylic acids is 1. The summed E-state index contributed by atoms with van der Waals surface area (Å²) in [4.78, 5) is 14.3. The Bertz CT molecular complexity index is 436. The zero-order valence-corrected chi connectivity index (χ0v) is 11.9. The largest absolute Gasteiger partial charge is 0.342 e. The number of carbonyl (C=O) groups is 1. The van der Waals surface area contributed by atoms with Crippen molar-refractivity contribution in [1.82, 2.24) is 4.90 Å². The van der Waals surface area contributed by atoms with Crippen LogP contribution in [0.15, 0.2) is 24.3 Å². The molecular formula is C16H24N2O. The molecule has 3 heteroatoms. The SMILES string of the molecule is Cc1ccccc1CC(=O)N(C)C1CCC(N)CC1. The molecule has 0 bridgehead atoms. The predicted octanol–water partition coefficient (Wildman–Crippen LogP) is 2.27. The van der Waals surface area contributed by atoms with Crippen LogP contribution in [-0.4, -0.2) is 29.9 Å². The summed E-state index contributed by atoms with van der Waals surface area (Å²) < 4.78 is 0. The van der Waals surface area contributed by atoms with Crippen LogP contribution in [0, 0.1) is 6.92 Å². The normalized spacial score (nSPS) is 23.1. The zero-order chi connectivity index (χ0) is 13.8. The fraction of sp³-hybridized carbons (Fsp3) is 0.562. The lowest BCUT2D eigenvalue weighted by molar-refractivity contribution is -0.131. The van der Waals surface area contributed by atoms with E-state index in [0.717, 1.165) is 31.2 Å². The first-order chi connectivity index (χ1) is 9.08. The Kier molecular flexibility index (Phi) is 4.59. The number of hydrogen-bond acceptors (Lipinski definition) is 2. The minimum Gasteiger partial charge on any atom is -0.342 e. The fourth-order valence-corrected chi connectivity index (χ4v) is 2.79. The minimum absolute atomic E-state index is 0.217. The lowest BCUT2D eigenvalue weighted by Crippen LogP contribution is -2.42. The molecule has 1 aromatic rings. The number of nitrogens with zero attached hydrogens (tertiary/aromatic N) is 1. The van der Waals surface area contributed by atoms with Gasteiger partial charge in [-0.15, -0.1) is 0 Å². The van der Waals surface area contributed by atoms with Gasteiger partial charge in [0.2, 0.25) is 5.91 Å². The third-order valence-corrected chi connectivity index (χ3v) is 4.29. The van der Waals surface area contributed by atoms with Crippen molar-refractivity contribution in [3.8, 4) is 0 Å². The van der Waals surface area contributed by atoms with Gasteiger partial charge in [0, 0.05) is 19.1 Å². The highest BCUT2D eigenvalue weighted by atomic mass is 16.2. The molecular weight excluding hydrogens is 236 g/mol. The summed E-state index contributed by atoms with van der Waals surface area (Å²) in [5.74, 6) is 0.217. The van der Waals surface area contributed by atoms with E-state index in [1.165, 1.54) is 5.56 Å². The van der Waals surface area contributed by atoms with Crippen LogP contribution in [0.3, 0.4) is 0 Å². The van der Waals surface area contributed by atoms with E-state index in [9.17, 15) is 4.79 Å². The van der Waals surface area contributed by atoms with Crippen LogP contribution < -0.4 is 5.73 Å². The van der Waals surface area contributed by atoms with E-state index in [0.29, 0.717) is 18.5 Å². The van der Waals surface area contributed by atoms with Gasteiger partial charge in [0.15, 0.2) is 0 Å². The van der Waals surface area contributed by atoms with Crippen LogP contribution in [0.25, 0.3) is 0 Å². The Balaban J connectivity index is 1.94. The Labute approximate surface area is 115 Å². The molecule has 1 fully saturated rings. The highest BCUT2D eigenvalue weighted by molar-refractivity contribution is 5.79. The molecule has 0 aliphatic heterocycles. The molecule has 1 aliphatic carbocycles. The summed E-state index contributed by atoms with van der Waals surface area (Å²) >= 11 is 0. The van der Waals surface area contributed by atoms with Gasteiger partial charge in [0.1, 0.15) is 0 Å². The minimum atomic E-state index is 0.217. The lowest BCUT2D eigenvalue weighted by Gasteiger charge is -2.33. The fourth-order valence-electron chi connectivity index (χ4n) is 2.79. The molecule has 1 aliphatic rings. The predicted molar refractivity (Wildman–Crippen MR) is 77.9 cm³/mol. The Morgan fingerprint density at radius 3 is 2.53 bits per heavy atom. The summed E-state index contributed by atoms with van der Waals surface area (Å²) in [5, 5.41) is 0. The van der Waals surface area contributed by atoms with Crippen LogP contribution in [0.1, 0.15) is 36.8 Å². The Morgan fingerprint density at radius 1 is 1.26 bits per heavy atom. The van der Waals surface area contributed by atoms with Gasteiger partial charge < -0.3 is 10.6 Å². The maximum absolute atomic E-state index is 12.3. The summed E-state index contributed by atoms with van der Waals surface area (Å²) in [5.41, 5.74) is 8.23. The second-order valence-electron chi connectivity index (χ2n) is 5.68. The number of likely N-dealkylation sites (N-methyl/N-ethyl adjacent to an activating group) is 1. The average Bonchev–Trinajstić information content (AvgIpc) is 2.41. The van der Waals surface area contributed by atoms with Gasteiger partial charge in [-0.05, 0) is 43.7 Å². The van der Waals surface area contributed by atoms with E-state index >= 15 is 0 Å². The molecule has 0 spiro atoms. The van der Waals surface area contributed by atoms with E-state index in [-0.39, 0.29) is 5.91 Å². The highest BCUT2D eigenvalue weighted by Crippen LogP contribution is 2.22. The third kappa shape index (κ3) is 3.57. The van der Waals surface area contributed by atoms with E-state index in [1.54, 1.807) is 0 Å². The number of nitrogens with two attached hydrogens (primary N) is 1. The third-order valence-electron chi connectivity index (χ3n) is 4.29. The van der Waals surface area contributed by atoms with Crippen molar-refractivity contribution in [2.45, 2.75) is 51.1 Å². The van der Waals surface area contributed by atoms with Gasteiger partial charge in [0.25, 0.3) is 0 Å². The highest BCUT2D eigenvalue weighted by Gasteiger charge is 2.25. The topological polar surface area (TPSA) is 46.3 Å². The molecule has 1 amide bonds. The molecule has 1 saturated carbocycles. The van der Waals surface area contributed by atoms with E-state index in [1.807, 2.05) is 30.1 Å². The zero-order valence-electron chi connectivity index (χ0n) is 11.9. The second kappa shape index (κ2) is 6.20. The lowest BCUT2D eigenvalue weighted by atomic mass is 9.90. The van der Waals surface area contributed by atoms with Gasteiger partial charge in [0.05, 0.1) is 6.42 Å². The molecule has 0 unspecified atom stereocenters. The van der Waals surface area contributed by atoms with Crippen molar-refractivity contribution in [2.75, 3.05) is 7.05 Å². The van der Waals surface area contributed by atoms with Crippen molar-refractivity contribution in [3.05, 3.63) is 35.4 Å². The van der Waals surface area contributed by atoms with Crippen LogP contribution in [-0.2, 0) is 11.2 Å². The summed E-state index contributed by atoms with van der Waals surface area (Å²) in [6.45, 7) is 2.06. The van der Waals surface area contributed by atoms with Crippen LogP contribution in [0.4, 0.5) is 0 Å². The molecule has 0 radical (unpaired) electrons. The van der Waals surface area contributed by atoms with Crippen molar-refractivity contribution >= 4 is 5.91 Å².